The van der Waals surface area contributed by atoms with Crippen molar-refractivity contribution in [3.8, 4) is 0 Å². The number of amidine groups is 1. The Bertz CT molecular complexity index is 945. The van der Waals surface area contributed by atoms with Gasteiger partial charge < -0.3 is 10.6 Å². The SMILES string of the molecule is CCN(CC)c1ccc(N=C2C(=O)N(c3c(Cl)cc(Cl)cc3Cl)N=C2N)cc1. The molecule has 2 aromatic carbocycles. The van der Waals surface area contributed by atoms with E-state index in [1.165, 1.54) is 12.1 Å². The van der Waals surface area contributed by atoms with E-state index in [9.17, 15) is 4.79 Å². The molecule has 1 heterocycles. The molecule has 0 unspecified atom stereocenters. The number of hydrazone groups is 1. The lowest BCUT2D eigenvalue weighted by Gasteiger charge is -2.20. The fourth-order valence-corrected chi connectivity index (χ4v) is 3.84. The third-order valence-corrected chi connectivity index (χ3v) is 5.05. The van der Waals surface area contributed by atoms with Gasteiger partial charge in [0.2, 0.25) is 0 Å². The molecule has 0 spiro atoms. The number of carbonyl (C=O) groups is 1. The van der Waals surface area contributed by atoms with Crippen LogP contribution >= 0.6 is 34.8 Å². The molecule has 0 radical (unpaired) electrons. The highest BCUT2D eigenvalue weighted by atomic mass is 35.5. The molecule has 3 rings (SSSR count). The van der Waals surface area contributed by atoms with Crippen molar-refractivity contribution >= 4 is 69.3 Å². The summed E-state index contributed by atoms with van der Waals surface area (Å²) in [5.74, 6) is -0.531. The molecule has 2 N–H and O–H groups in total. The molecule has 0 bridgehead atoms. The lowest BCUT2D eigenvalue weighted by molar-refractivity contribution is -0.112. The molecule has 0 saturated heterocycles. The Kier molecular flexibility index (Phi) is 6.13. The zero-order valence-electron chi connectivity index (χ0n) is 15.3. The van der Waals surface area contributed by atoms with Gasteiger partial charge in [-0.25, -0.2) is 4.99 Å². The first kappa shape index (κ1) is 20.5. The summed E-state index contributed by atoms with van der Waals surface area (Å²) in [6.45, 7) is 5.99. The smallest absolute Gasteiger partial charge is 0.301 e. The van der Waals surface area contributed by atoms with E-state index in [0.29, 0.717) is 10.7 Å². The summed E-state index contributed by atoms with van der Waals surface area (Å²) >= 11 is 18.3. The maximum absolute atomic E-state index is 12.8. The molecule has 0 saturated carbocycles. The first-order valence-electron chi connectivity index (χ1n) is 8.62. The van der Waals surface area contributed by atoms with Crippen molar-refractivity contribution < 1.29 is 4.79 Å². The number of nitrogens with zero attached hydrogens (tertiary/aromatic N) is 4. The summed E-state index contributed by atoms with van der Waals surface area (Å²) in [5, 5.41) is 5.84. The Morgan fingerprint density at radius 2 is 1.64 bits per heavy atom. The number of benzene rings is 2. The van der Waals surface area contributed by atoms with Gasteiger partial charge >= 0.3 is 5.91 Å². The summed E-state index contributed by atoms with van der Waals surface area (Å²) in [6.07, 6.45) is 0. The second-order valence-corrected chi connectivity index (χ2v) is 7.22. The van der Waals surface area contributed by atoms with Crippen LogP contribution in [-0.2, 0) is 4.79 Å². The van der Waals surface area contributed by atoms with Crippen molar-refractivity contribution in [2.45, 2.75) is 13.8 Å². The number of anilines is 2. The molecule has 1 amide bonds. The minimum absolute atomic E-state index is 0.0140. The fourth-order valence-electron chi connectivity index (χ4n) is 2.86. The quantitative estimate of drug-likeness (QED) is 0.722. The normalized spacial score (nSPS) is 15.3. The molecule has 2 aromatic rings. The molecular weight excluding hydrogens is 421 g/mol. The molecule has 1 aliphatic heterocycles. The second-order valence-electron chi connectivity index (χ2n) is 5.97. The second kappa shape index (κ2) is 8.39. The first-order chi connectivity index (χ1) is 13.3. The van der Waals surface area contributed by atoms with Crippen LogP contribution in [0.4, 0.5) is 17.1 Å². The van der Waals surface area contributed by atoms with E-state index in [2.05, 4.69) is 28.8 Å². The Hall–Kier alpha value is -2.28. The van der Waals surface area contributed by atoms with Crippen LogP contribution in [0.3, 0.4) is 0 Å². The van der Waals surface area contributed by atoms with Crippen LogP contribution in [0.1, 0.15) is 13.8 Å². The summed E-state index contributed by atoms with van der Waals surface area (Å²) in [7, 11) is 0. The van der Waals surface area contributed by atoms with Gasteiger partial charge in [-0.05, 0) is 50.2 Å². The van der Waals surface area contributed by atoms with E-state index in [1.807, 2.05) is 24.3 Å². The van der Waals surface area contributed by atoms with Gasteiger partial charge in [-0.2, -0.15) is 5.01 Å². The lowest BCUT2D eigenvalue weighted by atomic mass is 10.2. The molecule has 0 fully saturated rings. The standard InChI is InChI=1S/C19H18Cl3N5O/c1-3-26(4-2)13-7-5-12(6-8-13)24-16-18(23)25-27(19(16)28)17-14(21)9-11(20)10-15(17)22/h5-10H,3-4H2,1-2H3,(H2,23,25). The summed E-state index contributed by atoms with van der Waals surface area (Å²) in [4.78, 5) is 19.4. The molecular formula is C19H18Cl3N5O. The monoisotopic (exact) mass is 437 g/mol. The third-order valence-electron chi connectivity index (χ3n) is 4.26. The van der Waals surface area contributed by atoms with Crippen LogP contribution in [0.15, 0.2) is 46.5 Å². The van der Waals surface area contributed by atoms with Crippen molar-refractivity contribution in [2.24, 2.45) is 15.8 Å². The number of amides is 1. The minimum atomic E-state index is -0.517. The summed E-state index contributed by atoms with van der Waals surface area (Å²) in [6, 6.07) is 10.5. The molecule has 146 valence electrons. The van der Waals surface area contributed by atoms with Crippen LogP contribution in [0.25, 0.3) is 0 Å². The highest BCUT2D eigenvalue weighted by Crippen LogP contribution is 2.38. The van der Waals surface area contributed by atoms with Gasteiger partial charge in [0.1, 0.15) is 5.69 Å². The molecule has 0 aromatic heterocycles. The topological polar surface area (TPSA) is 74.3 Å². The van der Waals surface area contributed by atoms with Crippen LogP contribution in [0.5, 0.6) is 0 Å². The Labute approximate surface area is 178 Å². The van der Waals surface area contributed by atoms with Crippen molar-refractivity contribution in [3.63, 3.8) is 0 Å². The zero-order chi connectivity index (χ0) is 20.4. The Balaban J connectivity index is 1.91. The average Bonchev–Trinajstić information content (AvgIpc) is 2.91. The summed E-state index contributed by atoms with van der Waals surface area (Å²) < 4.78 is 0. The van der Waals surface area contributed by atoms with Crippen molar-refractivity contribution in [3.05, 3.63) is 51.5 Å². The van der Waals surface area contributed by atoms with Gasteiger partial charge in [-0.15, -0.1) is 5.10 Å². The number of aliphatic imine (C=N–C) groups is 1. The number of nitrogens with two attached hydrogens (primary N) is 1. The maximum atomic E-state index is 12.8. The van der Waals surface area contributed by atoms with Gasteiger partial charge in [0.15, 0.2) is 11.5 Å². The van der Waals surface area contributed by atoms with Crippen molar-refractivity contribution in [1.82, 2.24) is 0 Å². The molecule has 9 heteroatoms. The maximum Gasteiger partial charge on any atom is 0.301 e. The molecule has 28 heavy (non-hydrogen) atoms. The van der Waals surface area contributed by atoms with Gasteiger partial charge in [0.05, 0.1) is 15.7 Å². The largest absolute Gasteiger partial charge is 0.380 e. The number of halogens is 3. The number of rotatable bonds is 5. The Morgan fingerprint density at radius 1 is 1.07 bits per heavy atom. The Morgan fingerprint density at radius 3 is 2.18 bits per heavy atom. The lowest BCUT2D eigenvalue weighted by Crippen LogP contribution is -2.30. The van der Waals surface area contributed by atoms with E-state index in [1.54, 1.807) is 0 Å². The average molecular weight is 439 g/mol. The summed E-state index contributed by atoms with van der Waals surface area (Å²) in [5.41, 5.74) is 7.84. The minimum Gasteiger partial charge on any atom is -0.380 e. The van der Waals surface area contributed by atoms with Crippen LogP contribution in [0, 0.1) is 0 Å². The van der Waals surface area contributed by atoms with E-state index >= 15 is 0 Å². The van der Waals surface area contributed by atoms with Crippen LogP contribution in [-0.4, -0.2) is 30.5 Å². The predicted octanol–water partition coefficient (Wildman–Crippen LogP) is 4.88. The van der Waals surface area contributed by atoms with E-state index in [0.717, 1.165) is 23.8 Å². The highest BCUT2D eigenvalue weighted by Gasteiger charge is 2.34. The fraction of sp³-hybridized carbons (Fsp3) is 0.211. The molecule has 0 aliphatic carbocycles. The van der Waals surface area contributed by atoms with E-state index in [4.69, 9.17) is 40.5 Å². The number of hydrogen-bond acceptors (Lipinski definition) is 5. The first-order valence-corrected chi connectivity index (χ1v) is 9.76. The third kappa shape index (κ3) is 3.94. The zero-order valence-corrected chi connectivity index (χ0v) is 17.6. The van der Waals surface area contributed by atoms with Crippen molar-refractivity contribution in [2.75, 3.05) is 23.0 Å². The molecule has 6 nitrogen and oxygen atoms in total. The predicted molar refractivity (Wildman–Crippen MR) is 118 cm³/mol. The van der Waals surface area contributed by atoms with Gasteiger partial charge in [-0.1, -0.05) is 34.8 Å². The number of carbonyl (C=O) groups excluding carboxylic acids is 1. The van der Waals surface area contributed by atoms with Crippen LogP contribution < -0.4 is 15.6 Å². The highest BCUT2D eigenvalue weighted by molar-refractivity contribution is 6.71. The van der Waals surface area contributed by atoms with Gasteiger partial charge in [-0.3, -0.25) is 4.79 Å². The molecule has 0 atom stereocenters. The van der Waals surface area contributed by atoms with Gasteiger partial charge in [0, 0.05) is 23.8 Å². The van der Waals surface area contributed by atoms with E-state index < -0.39 is 5.91 Å². The van der Waals surface area contributed by atoms with Gasteiger partial charge in [0.25, 0.3) is 0 Å². The van der Waals surface area contributed by atoms with Crippen LogP contribution in [0.2, 0.25) is 15.1 Å². The van der Waals surface area contributed by atoms with Crippen molar-refractivity contribution in [1.29, 1.82) is 0 Å². The molecule has 1 aliphatic rings. The number of hydrogen-bond donors (Lipinski definition) is 1. The van der Waals surface area contributed by atoms with E-state index in [-0.39, 0.29) is 27.3 Å².